The van der Waals surface area contributed by atoms with Gasteiger partial charge in [-0.15, -0.1) is 0 Å². The van der Waals surface area contributed by atoms with Gasteiger partial charge < -0.3 is 19.3 Å². The summed E-state index contributed by atoms with van der Waals surface area (Å²) < 4.78 is 26.3. The van der Waals surface area contributed by atoms with Gasteiger partial charge in [0.1, 0.15) is 6.61 Å². The molecule has 0 aromatic rings. The Morgan fingerprint density at radius 2 is 0.875 bits per heavy atom. The van der Waals surface area contributed by atoms with Crippen molar-refractivity contribution in [3.63, 3.8) is 0 Å². The Balaban J connectivity index is 3.97. The number of phosphoric acid groups is 1. The Morgan fingerprint density at radius 3 is 1.33 bits per heavy atom. The maximum absolute atomic E-state index is 12.4. The largest absolute Gasteiger partial charge is 0.469 e. The molecule has 9 heteroatoms. The molecule has 0 unspecified atom stereocenters. The predicted molar refractivity (Wildman–Crippen MR) is 198 cm³/mol. The Bertz CT molecular complexity index is 838. The highest BCUT2D eigenvalue weighted by Crippen LogP contribution is 2.36. The highest BCUT2D eigenvalue weighted by atomic mass is 31.2. The molecule has 1 atom stereocenters. The third kappa shape index (κ3) is 37.4. The lowest BCUT2D eigenvalue weighted by molar-refractivity contribution is -0.161. The minimum Gasteiger partial charge on any atom is -0.462 e. The summed E-state index contributed by atoms with van der Waals surface area (Å²) in [5, 5.41) is 0. The van der Waals surface area contributed by atoms with Gasteiger partial charge in [-0.05, 0) is 64.2 Å². The van der Waals surface area contributed by atoms with Crippen molar-refractivity contribution in [1.82, 2.24) is 0 Å². The number of rotatable bonds is 36. The van der Waals surface area contributed by atoms with Crippen LogP contribution in [0.1, 0.15) is 194 Å². The van der Waals surface area contributed by atoms with Crippen molar-refractivity contribution in [3.8, 4) is 0 Å². The van der Waals surface area contributed by atoms with Crippen LogP contribution in [0.5, 0.6) is 0 Å². The monoisotopic (exact) mass is 701 g/mol. The molecule has 0 aliphatic heterocycles. The summed E-state index contributed by atoms with van der Waals surface area (Å²) in [5.74, 6) is -0.912. The van der Waals surface area contributed by atoms with Gasteiger partial charge in [0.05, 0.1) is 6.61 Å². The highest BCUT2D eigenvalue weighted by molar-refractivity contribution is 7.46. The summed E-state index contributed by atoms with van der Waals surface area (Å²) in [6.45, 7) is 3.65. The van der Waals surface area contributed by atoms with Gasteiger partial charge in [-0.3, -0.25) is 14.1 Å². The fraction of sp³-hybridized carbons (Fsp3) is 0.846. The first-order valence-corrected chi connectivity index (χ1v) is 21.2. The number of hydrogen-bond donors (Lipinski definition) is 2. The SMILES string of the molecule is CCCCCC/C=C/CCCCCCCCCC(=O)OC[C@H](COP(=O)(O)O)OC(=O)CCCC/C=C/CCCCCCCCCCC. The van der Waals surface area contributed by atoms with Gasteiger partial charge in [0.2, 0.25) is 0 Å². The standard InChI is InChI=1S/C39H73O8P/c1-3-5-7-9-11-13-15-17-19-21-23-25-27-29-31-33-38(40)45-35-37(36-46-48(42,43)44)47-39(41)34-32-30-28-26-24-22-20-18-16-14-12-10-8-6-4-2/h13,15,24,26,37H,3-12,14,16-23,25,27-36H2,1-2H3,(H2,42,43,44)/b15-13+,26-24+/t37-/m1/s1. The summed E-state index contributed by atoms with van der Waals surface area (Å²) in [5.41, 5.74) is 0. The molecular weight excluding hydrogens is 627 g/mol. The summed E-state index contributed by atoms with van der Waals surface area (Å²) in [6.07, 6.45) is 39.0. The molecule has 0 aromatic carbocycles. The number of carbonyl (C=O) groups excluding carboxylic acids is 2. The molecular formula is C39H73O8P. The summed E-state index contributed by atoms with van der Waals surface area (Å²) in [4.78, 5) is 42.7. The van der Waals surface area contributed by atoms with E-state index in [1.54, 1.807) is 0 Å². The molecule has 0 fully saturated rings. The van der Waals surface area contributed by atoms with Crippen molar-refractivity contribution in [2.45, 2.75) is 200 Å². The normalized spacial score (nSPS) is 12.7. The maximum Gasteiger partial charge on any atom is 0.469 e. The minimum atomic E-state index is -4.75. The summed E-state index contributed by atoms with van der Waals surface area (Å²) in [6, 6.07) is 0. The van der Waals surface area contributed by atoms with Gasteiger partial charge in [0, 0.05) is 12.8 Å². The van der Waals surface area contributed by atoms with Gasteiger partial charge >= 0.3 is 19.8 Å². The first kappa shape index (κ1) is 46.5. The van der Waals surface area contributed by atoms with E-state index in [4.69, 9.17) is 19.3 Å². The van der Waals surface area contributed by atoms with Gasteiger partial charge in [0.25, 0.3) is 0 Å². The van der Waals surface area contributed by atoms with E-state index in [9.17, 15) is 14.2 Å². The van der Waals surface area contributed by atoms with E-state index >= 15 is 0 Å². The summed E-state index contributed by atoms with van der Waals surface area (Å²) in [7, 11) is -4.75. The molecule has 0 aliphatic rings. The number of esters is 2. The quantitative estimate of drug-likeness (QED) is 0.0287. The second-order valence-corrected chi connectivity index (χ2v) is 14.5. The molecule has 0 bridgehead atoms. The van der Waals surface area contributed by atoms with Gasteiger partial charge in [-0.1, -0.05) is 141 Å². The van der Waals surface area contributed by atoms with Gasteiger partial charge in [-0.2, -0.15) is 0 Å². The van der Waals surface area contributed by atoms with E-state index < -0.39 is 32.5 Å². The van der Waals surface area contributed by atoms with Crippen LogP contribution in [0.25, 0.3) is 0 Å². The van der Waals surface area contributed by atoms with Crippen LogP contribution in [0.4, 0.5) is 0 Å². The van der Waals surface area contributed by atoms with Gasteiger partial charge in [0.15, 0.2) is 6.10 Å². The molecule has 0 aliphatic carbocycles. The smallest absolute Gasteiger partial charge is 0.462 e. The summed E-state index contributed by atoms with van der Waals surface area (Å²) >= 11 is 0. The third-order valence-corrected chi connectivity index (χ3v) is 8.93. The van der Waals surface area contributed by atoms with E-state index in [1.165, 1.54) is 109 Å². The lowest BCUT2D eigenvalue weighted by atomic mass is 10.1. The molecule has 0 saturated carbocycles. The van der Waals surface area contributed by atoms with Crippen LogP contribution in [-0.4, -0.2) is 41.0 Å². The predicted octanol–water partition coefficient (Wildman–Crippen LogP) is 11.6. The van der Waals surface area contributed by atoms with Crippen molar-refractivity contribution in [3.05, 3.63) is 24.3 Å². The molecule has 2 N–H and O–H groups in total. The molecule has 0 rings (SSSR count). The number of allylic oxidation sites excluding steroid dienone is 4. The molecule has 0 saturated heterocycles. The fourth-order valence-corrected chi connectivity index (χ4v) is 5.84. The maximum atomic E-state index is 12.4. The number of hydrogen-bond acceptors (Lipinski definition) is 6. The Hall–Kier alpha value is -1.47. The average molecular weight is 701 g/mol. The average Bonchev–Trinajstić information content (AvgIpc) is 3.05. The van der Waals surface area contributed by atoms with Crippen LogP contribution in [0.15, 0.2) is 24.3 Å². The minimum absolute atomic E-state index is 0.183. The van der Waals surface area contributed by atoms with Crippen molar-refractivity contribution in [2.75, 3.05) is 13.2 Å². The molecule has 282 valence electrons. The lowest BCUT2D eigenvalue weighted by Gasteiger charge is -2.18. The molecule has 0 amide bonds. The fourth-order valence-electron chi connectivity index (χ4n) is 5.48. The van der Waals surface area contributed by atoms with Crippen molar-refractivity contribution in [1.29, 1.82) is 0 Å². The van der Waals surface area contributed by atoms with Crippen LogP contribution in [-0.2, 0) is 28.2 Å². The van der Waals surface area contributed by atoms with Crippen LogP contribution in [0.2, 0.25) is 0 Å². The topological polar surface area (TPSA) is 119 Å². The zero-order valence-corrected chi connectivity index (χ0v) is 31.8. The number of carbonyl (C=O) groups is 2. The molecule has 48 heavy (non-hydrogen) atoms. The van der Waals surface area contributed by atoms with Crippen LogP contribution in [0, 0.1) is 0 Å². The van der Waals surface area contributed by atoms with Crippen molar-refractivity contribution in [2.24, 2.45) is 0 Å². The lowest BCUT2D eigenvalue weighted by Crippen LogP contribution is -2.29. The van der Waals surface area contributed by atoms with Crippen molar-refractivity contribution >= 4 is 19.8 Å². The second-order valence-electron chi connectivity index (χ2n) is 13.2. The van der Waals surface area contributed by atoms with E-state index in [-0.39, 0.29) is 19.4 Å². The van der Waals surface area contributed by atoms with Crippen molar-refractivity contribution < 1.29 is 37.9 Å². The third-order valence-electron chi connectivity index (χ3n) is 8.44. The number of phosphoric ester groups is 1. The zero-order valence-electron chi connectivity index (χ0n) is 30.9. The van der Waals surface area contributed by atoms with E-state index in [2.05, 4.69) is 42.7 Å². The van der Waals surface area contributed by atoms with Crippen LogP contribution in [0.3, 0.4) is 0 Å². The Labute approximate surface area is 294 Å². The Kier molecular flexibility index (Phi) is 34.3. The molecule has 0 heterocycles. The van der Waals surface area contributed by atoms with Gasteiger partial charge in [-0.25, -0.2) is 4.57 Å². The zero-order chi connectivity index (χ0) is 35.4. The second kappa shape index (κ2) is 35.4. The highest BCUT2D eigenvalue weighted by Gasteiger charge is 2.22. The van der Waals surface area contributed by atoms with E-state index in [0.29, 0.717) is 6.42 Å². The first-order valence-electron chi connectivity index (χ1n) is 19.6. The molecule has 8 nitrogen and oxygen atoms in total. The molecule has 0 aromatic heterocycles. The Morgan fingerprint density at radius 1 is 0.521 bits per heavy atom. The van der Waals surface area contributed by atoms with E-state index in [0.717, 1.165) is 51.4 Å². The van der Waals surface area contributed by atoms with Crippen LogP contribution >= 0.6 is 7.82 Å². The van der Waals surface area contributed by atoms with E-state index in [1.807, 2.05) is 0 Å². The first-order chi connectivity index (χ1) is 23.3. The molecule has 0 radical (unpaired) electrons. The molecule has 0 spiro atoms. The van der Waals surface area contributed by atoms with Crippen LogP contribution < -0.4 is 0 Å². The number of ether oxygens (including phenoxy) is 2. The number of unbranched alkanes of at least 4 members (excludes halogenated alkanes) is 22.